The molecule has 6 nitrogen and oxygen atoms in total. The first-order valence-electron chi connectivity index (χ1n) is 7.76. The van der Waals surface area contributed by atoms with Crippen molar-refractivity contribution < 1.29 is 4.39 Å². The summed E-state index contributed by atoms with van der Waals surface area (Å²) in [4.78, 5) is 12.5. The van der Waals surface area contributed by atoms with E-state index in [9.17, 15) is 4.39 Å². The van der Waals surface area contributed by atoms with Crippen LogP contribution in [0.2, 0.25) is 0 Å². The molecule has 0 unspecified atom stereocenters. The van der Waals surface area contributed by atoms with Gasteiger partial charge in [-0.3, -0.25) is 9.97 Å². The minimum atomic E-state index is -0.483. The number of anilines is 2. The minimum Gasteiger partial charge on any atom is -0.336 e. The summed E-state index contributed by atoms with van der Waals surface area (Å²) >= 11 is 0. The summed E-state index contributed by atoms with van der Waals surface area (Å²) in [6.07, 6.45) is 6.13. The van der Waals surface area contributed by atoms with Crippen LogP contribution >= 0.6 is 0 Å². The monoisotopic (exact) mass is 342 g/mol. The molecule has 0 atom stereocenters. The van der Waals surface area contributed by atoms with Crippen LogP contribution in [-0.4, -0.2) is 32.4 Å². The molecule has 4 aromatic rings. The molecule has 2 radical (unpaired) electrons. The Bertz CT molecular complexity index is 1120. The first kappa shape index (κ1) is 16.0. The number of aromatic nitrogens is 5. The fraction of sp³-hybridized carbons (Fsp3) is 0. The van der Waals surface area contributed by atoms with Gasteiger partial charge in [0.25, 0.3) is 0 Å². The molecule has 124 valence electrons. The smallest absolute Gasteiger partial charge is 0.200 e. The van der Waals surface area contributed by atoms with Crippen molar-refractivity contribution in [2.75, 3.05) is 5.32 Å². The third kappa shape index (κ3) is 2.92. The summed E-state index contributed by atoms with van der Waals surface area (Å²) in [5.41, 5.74) is 2.66. The van der Waals surface area contributed by atoms with Crippen LogP contribution in [0, 0.1) is 5.82 Å². The second-order valence-electron chi connectivity index (χ2n) is 5.52. The largest absolute Gasteiger partial charge is 0.336 e. The molecule has 4 aromatic heterocycles. The molecular weight excluding hydrogens is 330 g/mol. The summed E-state index contributed by atoms with van der Waals surface area (Å²) in [5.74, 6) is 0.300. The lowest BCUT2D eigenvalue weighted by atomic mass is 10.0. The van der Waals surface area contributed by atoms with Crippen molar-refractivity contribution in [2.45, 2.75) is 0 Å². The van der Waals surface area contributed by atoms with Gasteiger partial charge >= 0.3 is 0 Å². The van der Waals surface area contributed by atoms with Crippen LogP contribution in [0.3, 0.4) is 0 Å². The predicted molar refractivity (Wildman–Crippen MR) is 99.2 cm³/mol. The maximum absolute atomic E-state index is 14.0. The molecule has 0 aliphatic heterocycles. The zero-order valence-corrected chi connectivity index (χ0v) is 13.6. The minimum absolute atomic E-state index is 0.258. The summed E-state index contributed by atoms with van der Waals surface area (Å²) < 4.78 is 15.6. The normalized spacial score (nSPS) is 10.8. The number of hydrogen-bond donors (Lipinski definition) is 1. The number of rotatable bonds is 4. The number of hydrogen-bond acceptors (Lipinski definition) is 5. The van der Waals surface area contributed by atoms with Crippen molar-refractivity contribution in [2.24, 2.45) is 0 Å². The van der Waals surface area contributed by atoms with Crippen LogP contribution < -0.4 is 10.9 Å². The quantitative estimate of drug-likeness (QED) is 0.577. The van der Waals surface area contributed by atoms with E-state index in [1.54, 1.807) is 35.0 Å². The van der Waals surface area contributed by atoms with Gasteiger partial charge in [-0.2, -0.15) is 0 Å². The third-order valence-electron chi connectivity index (χ3n) is 3.75. The number of pyridine rings is 2. The molecule has 0 fully saturated rings. The van der Waals surface area contributed by atoms with E-state index in [-0.39, 0.29) is 5.69 Å². The number of fused-ring (bicyclic) bond motifs is 1. The topological polar surface area (TPSA) is 68.0 Å². The van der Waals surface area contributed by atoms with E-state index in [0.717, 1.165) is 11.8 Å². The van der Waals surface area contributed by atoms with E-state index in [1.165, 1.54) is 12.3 Å². The van der Waals surface area contributed by atoms with E-state index in [2.05, 4.69) is 31.9 Å². The fourth-order valence-corrected chi connectivity index (χ4v) is 2.51. The Morgan fingerprint density at radius 2 is 2.12 bits per heavy atom. The van der Waals surface area contributed by atoms with Gasteiger partial charge in [0.15, 0.2) is 11.6 Å². The van der Waals surface area contributed by atoms with Gasteiger partial charge in [-0.1, -0.05) is 24.8 Å². The SMILES string of the molecule is [B]c1cccc(-c2nc(Nc3ccncc3F)c3cc(C=C)cn3n2)n1. The molecule has 4 heterocycles. The van der Waals surface area contributed by atoms with E-state index in [0.29, 0.717) is 28.4 Å². The highest BCUT2D eigenvalue weighted by Crippen LogP contribution is 2.25. The molecule has 0 spiro atoms. The average molecular weight is 342 g/mol. The van der Waals surface area contributed by atoms with E-state index >= 15 is 0 Å². The van der Waals surface area contributed by atoms with Crippen molar-refractivity contribution in [3.8, 4) is 11.5 Å². The van der Waals surface area contributed by atoms with E-state index < -0.39 is 5.82 Å². The fourth-order valence-electron chi connectivity index (χ4n) is 2.51. The lowest BCUT2D eigenvalue weighted by Gasteiger charge is -2.10. The van der Waals surface area contributed by atoms with Gasteiger partial charge in [0.05, 0.1) is 11.9 Å². The average Bonchev–Trinajstić information content (AvgIpc) is 3.07. The summed E-state index contributed by atoms with van der Waals surface area (Å²) in [5, 5.41) is 7.47. The van der Waals surface area contributed by atoms with Gasteiger partial charge in [0.2, 0.25) is 5.82 Å². The molecule has 0 bridgehead atoms. The highest BCUT2D eigenvalue weighted by Gasteiger charge is 2.13. The summed E-state index contributed by atoms with van der Waals surface area (Å²) in [7, 11) is 5.76. The second kappa shape index (κ2) is 6.40. The van der Waals surface area contributed by atoms with Crippen LogP contribution in [-0.2, 0) is 0 Å². The van der Waals surface area contributed by atoms with Crippen LogP contribution in [0.1, 0.15) is 5.56 Å². The van der Waals surface area contributed by atoms with Crippen molar-refractivity contribution in [3.63, 3.8) is 0 Å². The maximum Gasteiger partial charge on any atom is 0.200 e. The van der Waals surface area contributed by atoms with Crippen molar-refractivity contribution in [1.29, 1.82) is 0 Å². The lowest BCUT2D eigenvalue weighted by molar-refractivity contribution is 0.625. The Morgan fingerprint density at radius 3 is 2.88 bits per heavy atom. The molecule has 0 aliphatic rings. The van der Waals surface area contributed by atoms with Crippen molar-refractivity contribution >= 4 is 36.5 Å². The molecule has 0 aliphatic carbocycles. The molecule has 0 aromatic carbocycles. The Kier molecular flexibility index (Phi) is 3.93. The zero-order chi connectivity index (χ0) is 18.1. The Hall–Kier alpha value is -3.55. The number of nitrogens with one attached hydrogen (secondary N) is 1. The third-order valence-corrected chi connectivity index (χ3v) is 3.75. The van der Waals surface area contributed by atoms with Gasteiger partial charge in [0.1, 0.15) is 19.1 Å². The van der Waals surface area contributed by atoms with Crippen LogP contribution in [0.25, 0.3) is 23.1 Å². The van der Waals surface area contributed by atoms with Gasteiger partial charge in [0, 0.05) is 12.4 Å². The van der Waals surface area contributed by atoms with Gasteiger partial charge < -0.3 is 5.32 Å². The molecule has 1 N–H and O–H groups in total. The standard InChI is InChI=1S/C18H12BFN6/c1-2-11-8-15-18(23-13-6-7-21-9-12(13)20)24-17(25-26(15)10-11)14-4-3-5-16(19)22-14/h2-10H,1H2,(H,21,23,24,25). The van der Waals surface area contributed by atoms with Gasteiger partial charge in [-0.15, -0.1) is 5.10 Å². The molecule has 4 rings (SSSR count). The number of nitrogens with zero attached hydrogens (tertiary/aromatic N) is 5. The summed E-state index contributed by atoms with van der Waals surface area (Å²) in [6, 6.07) is 8.59. The first-order valence-corrected chi connectivity index (χ1v) is 7.76. The first-order chi connectivity index (χ1) is 12.6. The lowest BCUT2D eigenvalue weighted by Crippen LogP contribution is -2.10. The highest BCUT2D eigenvalue weighted by molar-refractivity contribution is 6.30. The Labute approximate surface area is 149 Å². The zero-order valence-electron chi connectivity index (χ0n) is 13.6. The maximum atomic E-state index is 14.0. The van der Waals surface area contributed by atoms with E-state index in [4.69, 9.17) is 7.85 Å². The Morgan fingerprint density at radius 1 is 1.23 bits per heavy atom. The Balaban J connectivity index is 1.90. The van der Waals surface area contributed by atoms with Crippen LogP contribution in [0.5, 0.6) is 0 Å². The molecule has 26 heavy (non-hydrogen) atoms. The van der Waals surface area contributed by atoms with Crippen molar-refractivity contribution in [1.82, 2.24) is 24.6 Å². The van der Waals surface area contributed by atoms with Crippen LogP contribution in [0.15, 0.2) is 55.5 Å². The molecular formula is C18H12BFN6. The molecule has 0 saturated carbocycles. The molecule has 0 amide bonds. The van der Waals surface area contributed by atoms with Gasteiger partial charge in [-0.25, -0.2) is 13.9 Å². The van der Waals surface area contributed by atoms with Gasteiger partial charge in [-0.05, 0) is 29.4 Å². The second-order valence-corrected chi connectivity index (χ2v) is 5.52. The highest BCUT2D eigenvalue weighted by atomic mass is 19.1. The molecule has 0 saturated heterocycles. The number of halogens is 1. The molecule has 8 heteroatoms. The predicted octanol–water partition coefficient (Wildman–Crippen LogP) is 2.51. The van der Waals surface area contributed by atoms with Crippen molar-refractivity contribution in [3.05, 3.63) is 66.9 Å². The summed E-state index contributed by atoms with van der Waals surface area (Å²) in [6.45, 7) is 3.77. The van der Waals surface area contributed by atoms with Crippen LogP contribution in [0.4, 0.5) is 15.9 Å². The van der Waals surface area contributed by atoms with E-state index in [1.807, 2.05) is 6.07 Å².